The van der Waals surface area contributed by atoms with E-state index in [0.29, 0.717) is 0 Å². The number of hydrogen-bond donors (Lipinski definition) is 1. The van der Waals surface area contributed by atoms with Crippen molar-refractivity contribution >= 4 is 27.4 Å². The Morgan fingerprint density at radius 2 is 1.12 bits per heavy atom. The first-order valence-corrected chi connectivity index (χ1v) is 19.4. The summed E-state index contributed by atoms with van der Waals surface area (Å²) in [4.78, 5) is 5.16. The van der Waals surface area contributed by atoms with E-state index >= 15 is 0 Å². The van der Waals surface area contributed by atoms with Crippen LogP contribution in [0.15, 0.2) is 191 Å². The molecule has 8 aromatic carbocycles. The number of rotatable bonds is 5. The van der Waals surface area contributed by atoms with Crippen molar-refractivity contribution in [2.45, 2.75) is 25.4 Å². The fourth-order valence-electron chi connectivity index (χ4n) is 9.15. The second-order valence-electron chi connectivity index (χ2n) is 15.5. The van der Waals surface area contributed by atoms with Crippen LogP contribution >= 0.6 is 0 Å². The lowest BCUT2D eigenvalue weighted by atomic mass is 9.78. The average molecular weight is 719 g/mol. The molecule has 0 amide bonds. The first-order chi connectivity index (χ1) is 27.5. The van der Waals surface area contributed by atoms with Crippen molar-refractivity contribution in [1.82, 2.24) is 5.32 Å². The molecule has 2 aliphatic rings. The zero-order chi connectivity index (χ0) is 37.4. The summed E-state index contributed by atoms with van der Waals surface area (Å²) in [6, 6.07) is 65.5. The maximum absolute atomic E-state index is 6.50. The van der Waals surface area contributed by atoms with Crippen molar-refractivity contribution in [3.63, 3.8) is 0 Å². The molecule has 0 saturated heterocycles. The zero-order valence-corrected chi connectivity index (χ0v) is 31.3. The lowest BCUT2D eigenvalue weighted by molar-refractivity contribution is 0.535. The summed E-state index contributed by atoms with van der Waals surface area (Å²) in [5, 5.41) is 8.27. The highest BCUT2D eigenvalue weighted by Crippen LogP contribution is 2.55. The molecule has 1 atom stereocenters. The van der Waals surface area contributed by atoms with Crippen LogP contribution in [0.2, 0.25) is 0 Å². The molecule has 266 valence electrons. The molecule has 1 aromatic heterocycles. The highest BCUT2D eigenvalue weighted by Gasteiger charge is 2.39. The summed E-state index contributed by atoms with van der Waals surface area (Å²) < 4.78 is 6.50. The third kappa shape index (κ3) is 5.08. The van der Waals surface area contributed by atoms with Crippen molar-refractivity contribution in [2.24, 2.45) is 4.99 Å². The van der Waals surface area contributed by atoms with Gasteiger partial charge in [0.1, 0.15) is 17.1 Å². The summed E-state index contributed by atoms with van der Waals surface area (Å²) in [6.45, 7) is 4.79. The predicted molar refractivity (Wildman–Crippen MR) is 230 cm³/mol. The molecule has 1 aliphatic heterocycles. The maximum atomic E-state index is 6.50. The van der Waals surface area contributed by atoms with Crippen LogP contribution < -0.4 is 16.1 Å². The molecule has 0 spiro atoms. The van der Waals surface area contributed by atoms with Crippen LogP contribution in [0, 0.1) is 0 Å². The minimum atomic E-state index is -0.233. The minimum Gasteiger partial charge on any atom is -0.452 e. The highest BCUT2D eigenvalue weighted by atomic mass is 16.3. The Kier molecular flexibility index (Phi) is 7.27. The van der Waals surface area contributed by atoms with Crippen LogP contribution in [0.4, 0.5) is 0 Å². The summed E-state index contributed by atoms with van der Waals surface area (Å²) in [6.07, 6.45) is -0.233. The molecular formula is C53H38N2O. The van der Waals surface area contributed by atoms with Crippen LogP contribution in [-0.2, 0) is 5.41 Å². The average Bonchev–Trinajstić information content (AvgIpc) is 3.75. The molecule has 2 heterocycles. The van der Waals surface area contributed by atoms with Gasteiger partial charge in [0.25, 0.3) is 0 Å². The van der Waals surface area contributed by atoms with Crippen LogP contribution in [-0.4, -0.2) is 0 Å². The summed E-state index contributed by atoms with van der Waals surface area (Å²) >= 11 is 0. The molecule has 0 fully saturated rings. The number of nitrogens with one attached hydrogen (secondary N) is 1. The summed E-state index contributed by atoms with van der Waals surface area (Å²) in [5.74, 6) is 0. The molecule has 0 bridgehead atoms. The van der Waals surface area contributed by atoms with Gasteiger partial charge >= 0.3 is 0 Å². The Morgan fingerprint density at radius 3 is 1.89 bits per heavy atom. The lowest BCUT2D eigenvalue weighted by Gasteiger charge is -2.24. The number of fused-ring (bicyclic) bond motifs is 8. The number of nitrogens with zero attached hydrogens (tertiary/aromatic N) is 1. The molecule has 0 saturated carbocycles. The van der Waals surface area contributed by atoms with Gasteiger partial charge in [0, 0.05) is 16.4 Å². The van der Waals surface area contributed by atoms with E-state index in [-0.39, 0.29) is 11.6 Å². The van der Waals surface area contributed by atoms with E-state index in [1.165, 1.54) is 55.3 Å². The largest absolute Gasteiger partial charge is 0.452 e. The van der Waals surface area contributed by atoms with Gasteiger partial charge in [-0.05, 0) is 108 Å². The maximum Gasteiger partial charge on any atom is 0.177 e. The third-order valence-electron chi connectivity index (χ3n) is 11.9. The molecule has 1 N–H and O–H groups in total. The van der Waals surface area contributed by atoms with Crippen LogP contribution in [0.1, 0.15) is 42.3 Å². The van der Waals surface area contributed by atoms with Crippen molar-refractivity contribution in [3.05, 3.63) is 215 Å². The molecule has 3 nitrogen and oxygen atoms in total. The molecule has 1 unspecified atom stereocenters. The summed E-state index contributed by atoms with van der Waals surface area (Å²) in [7, 11) is 0. The molecule has 1 aliphatic carbocycles. The minimum absolute atomic E-state index is 0.180. The smallest absolute Gasteiger partial charge is 0.177 e. The molecule has 11 rings (SSSR count). The Labute approximate surface area is 326 Å². The highest BCUT2D eigenvalue weighted by molar-refractivity contribution is 6.05. The Balaban J connectivity index is 1.01. The second-order valence-corrected chi connectivity index (χ2v) is 15.5. The van der Waals surface area contributed by atoms with Gasteiger partial charge in [-0.25, -0.2) is 0 Å². The Bertz CT molecular complexity index is 3140. The molecule has 56 heavy (non-hydrogen) atoms. The van der Waals surface area contributed by atoms with Gasteiger partial charge < -0.3 is 9.73 Å². The fraction of sp³-hybridized carbons (Fsp3) is 0.0755. The summed E-state index contributed by atoms with van der Waals surface area (Å²) in [5.41, 5.74) is 17.3. The van der Waals surface area contributed by atoms with E-state index in [0.717, 1.165) is 49.7 Å². The quantitative estimate of drug-likeness (QED) is 0.192. The Morgan fingerprint density at radius 1 is 0.518 bits per heavy atom. The van der Waals surface area contributed by atoms with E-state index < -0.39 is 0 Å². The van der Waals surface area contributed by atoms with Crippen molar-refractivity contribution in [2.75, 3.05) is 0 Å². The van der Waals surface area contributed by atoms with Gasteiger partial charge in [-0.2, -0.15) is 0 Å². The number of furan rings is 1. The van der Waals surface area contributed by atoms with Gasteiger partial charge in [0.05, 0.1) is 5.70 Å². The van der Waals surface area contributed by atoms with Crippen molar-refractivity contribution in [1.29, 1.82) is 0 Å². The molecule has 0 radical (unpaired) electrons. The third-order valence-corrected chi connectivity index (χ3v) is 11.9. The van der Waals surface area contributed by atoms with Crippen LogP contribution in [0.25, 0.3) is 71.9 Å². The van der Waals surface area contributed by atoms with Gasteiger partial charge in [-0.3, -0.25) is 4.99 Å². The number of hydrogen-bond acceptors (Lipinski definition) is 3. The second kappa shape index (κ2) is 12.5. The number of benzene rings is 8. The molecule has 3 heteroatoms. The van der Waals surface area contributed by atoms with E-state index in [4.69, 9.17) is 9.41 Å². The van der Waals surface area contributed by atoms with Gasteiger partial charge in [-0.15, -0.1) is 0 Å². The van der Waals surface area contributed by atoms with Crippen LogP contribution in [0.5, 0.6) is 0 Å². The van der Waals surface area contributed by atoms with E-state index in [1.54, 1.807) is 0 Å². The van der Waals surface area contributed by atoms with Gasteiger partial charge in [-0.1, -0.05) is 159 Å². The Hall–Kier alpha value is -6.97. The zero-order valence-electron chi connectivity index (χ0n) is 31.3. The lowest BCUT2D eigenvalue weighted by Crippen LogP contribution is -2.38. The van der Waals surface area contributed by atoms with E-state index in [1.807, 2.05) is 24.3 Å². The van der Waals surface area contributed by atoms with Gasteiger partial charge in [0.15, 0.2) is 5.42 Å². The van der Waals surface area contributed by atoms with E-state index in [9.17, 15) is 0 Å². The normalized spacial score (nSPS) is 15.2. The number of para-hydroxylation sites is 1. The van der Waals surface area contributed by atoms with Crippen molar-refractivity contribution < 1.29 is 4.42 Å². The first kappa shape index (κ1) is 32.5. The SMILES string of the molecule is CC1(C)c2cc(-c3cccc(-c4cccc(C5=c6oc7ccccc7c6=NC(c6ccccc6)N5)c4)c3)ccc2-c2c(-c3ccccc3)cc3ccccc3c21. The fourth-order valence-corrected chi connectivity index (χ4v) is 9.15. The monoisotopic (exact) mass is 718 g/mol. The molecule has 9 aromatic rings. The van der Waals surface area contributed by atoms with Crippen molar-refractivity contribution in [3.8, 4) is 44.5 Å². The first-order valence-electron chi connectivity index (χ1n) is 19.4. The standard InChI is InChI=1S/C53H38N2O/c1-53(2)45-32-38(27-28-42(45)47-44(33-15-5-3-6-16-33)31-39-19-9-10-24-41(39)48(47)53)36-21-13-20-35(29-36)37-22-14-23-40(30-37)49-51-50(43-25-11-12-26-46(43)56-51)55-52(54-49)34-17-7-4-8-18-34/h3-32,52,54H,1-2H3. The van der Waals surface area contributed by atoms with Crippen LogP contribution in [0.3, 0.4) is 0 Å². The topological polar surface area (TPSA) is 37.5 Å². The molecular weight excluding hydrogens is 681 g/mol. The predicted octanol–water partition coefficient (Wildman–Crippen LogP) is 12.0. The van der Waals surface area contributed by atoms with E-state index in [2.05, 4.69) is 177 Å². The van der Waals surface area contributed by atoms with Gasteiger partial charge in [0.2, 0.25) is 0 Å².